The van der Waals surface area contributed by atoms with Gasteiger partial charge in [0.15, 0.2) is 0 Å². The standard InChI is InChI=1S/C12H18N4O4/c13-14-12-2-1-10(16(18)19)5-9(12)6-15-3-4-20-11(7-15)8-17/h1-2,5,11,14,17H,3-4,6-8,13H2. The van der Waals surface area contributed by atoms with E-state index in [0.29, 0.717) is 31.9 Å². The first-order valence-electron chi connectivity index (χ1n) is 6.32. The van der Waals surface area contributed by atoms with Gasteiger partial charge in [-0.2, -0.15) is 0 Å². The second-order valence-corrected chi connectivity index (χ2v) is 4.65. The van der Waals surface area contributed by atoms with Gasteiger partial charge >= 0.3 is 0 Å². The van der Waals surface area contributed by atoms with Gasteiger partial charge in [-0.3, -0.25) is 20.9 Å². The van der Waals surface area contributed by atoms with Crippen molar-refractivity contribution in [2.45, 2.75) is 12.6 Å². The summed E-state index contributed by atoms with van der Waals surface area (Å²) in [5.74, 6) is 5.43. The van der Waals surface area contributed by atoms with Crippen molar-refractivity contribution in [1.29, 1.82) is 0 Å². The molecule has 0 spiro atoms. The minimum atomic E-state index is -0.431. The quantitative estimate of drug-likeness (QED) is 0.398. The molecule has 1 heterocycles. The summed E-state index contributed by atoms with van der Waals surface area (Å²) in [6.45, 7) is 2.31. The number of nitrogens with one attached hydrogen (secondary N) is 1. The lowest BCUT2D eigenvalue weighted by atomic mass is 10.1. The molecule has 110 valence electrons. The van der Waals surface area contributed by atoms with Gasteiger partial charge in [-0.25, -0.2) is 0 Å². The minimum absolute atomic E-state index is 0.0333. The number of aliphatic hydroxyl groups is 1. The number of aliphatic hydroxyl groups excluding tert-OH is 1. The van der Waals surface area contributed by atoms with Crippen LogP contribution in [0, 0.1) is 10.1 Å². The molecule has 1 aliphatic heterocycles. The zero-order valence-corrected chi connectivity index (χ0v) is 11.0. The number of nitrogen functional groups attached to an aromatic ring is 1. The number of anilines is 1. The Morgan fingerprint density at radius 1 is 1.60 bits per heavy atom. The van der Waals surface area contributed by atoms with E-state index in [1.807, 2.05) is 0 Å². The van der Waals surface area contributed by atoms with Crippen molar-refractivity contribution in [3.63, 3.8) is 0 Å². The zero-order chi connectivity index (χ0) is 14.5. The van der Waals surface area contributed by atoms with E-state index in [0.717, 1.165) is 5.56 Å². The number of non-ortho nitro benzene ring substituents is 1. The molecule has 0 amide bonds. The van der Waals surface area contributed by atoms with Crippen molar-refractivity contribution in [2.24, 2.45) is 5.84 Å². The molecule has 0 radical (unpaired) electrons. The third-order valence-electron chi connectivity index (χ3n) is 3.28. The number of benzene rings is 1. The highest BCUT2D eigenvalue weighted by Gasteiger charge is 2.21. The van der Waals surface area contributed by atoms with Gasteiger partial charge in [-0.15, -0.1) is 0 Å². The Bertz CT molecular complexity index is 483. The molecule has 8 nitrogen and oxygen atoms in total. The molecule has 0 bridgehead atoms. The molecule has 1 aliphatic rings. The maximum absolute atomic E-state index is 10.8. The second kappa shape index (κ2) is 6.62. The molecule has 0 saturated carbocycles. The largest absolute Gasteiger partial charge is 0.394 e. The van der Waals surface area contributed by atoms with E-state index in [2.05, 4.69) is 10.3 Å². The number of rotatable bonds is 5. The lowest BCUT2D eigenvalue weighted by Crippen LogP contribution is -2.43. The van der Waals surface area contributed by atoms with Crippen LogP contribution in [0.5, 0.6) is 0 Å². The Balaban J connectivity index is 2.14. The average molecular weight is 282 g/mol. The van der Waals surface area contributed by atoms with Crippen LogP contribution in [0.15, 0.2) is 18.2 Å². The van der Waals surface area contributed by atoms with E-state index in [-0.39, 0.29) is 18.4 Å². The maximum Gasteiger partial charge on any atom is 0.269 e. The highest BCUT2D eigenvalue weighted by molar-refractivity contribution is 5.55. The van der Waals surface area contributed by atoms with Crippen molar-refractivity contribution in [1.82, 2.24) is 4.90 Å². The van der Waals surface area contributed by atoms with Crippen molar-refractivity contribution >= 4 is 11.4 Å². The molecule has 0 aliphatic carbocycles. The van der Waals surface area contributed by atoms with E-state index in [1.54, 1.807) is 6.07 Å². The molecule has 1 atom stereocenters. The van der Waals surface area contributed by atoms with Crippen LogP contribution in [0.3, 0.4) is 0 Å². The van der Waals surface area contributed by atoms with E-state index in [9.17, 15) is 10.1 Å². The van der Waals surface area contributed by atoms with Crippen LogP contribution in [-0.4, -0.2) is 47.3 Å². The van der Waals surface area contributed by atoms with Crippen LogP contribution in [0.1, 0.15) is 5.56 Å². The van der Waals surface area contributed by atoms with E-state index < -0.39 is 4.92 Å². The molecule has 1 aromatic rings. The monoisotopic (exact) mass is 282 g/mol. The van der Waals surface area contributed by atoms with Gasteiger partial charge in [0, 0.05) is 31.8 Å². The Kier molecular flexibility index (Phi) is 4.85. The Labute approximate surface area is 116 Å². The second-order valence-electron chi connectivity index (χ2n) is 4.65. The molecule has 4 N–H and O–H groups in total. The highest BCUT2D eigenvalue weighted by atomic mass is 16.6. The van der Waals surface area contributed by atoms with Gasteiger partial charge in [0.25, 0.3) is 5.69 Å². The minimum Gasteiger partial charge on any atom is -0.394 e. The first-order chi connectivity index (χ1) is 9.63. The zero-order valence-electron chi connectivity index (χ0n) is 11.0. The van der Waals surface area contributed by atoms with Crippen molar-refractivity contribution in [2.75, 3.05) is 31.7 Å². The summed E-state index contributed by atoms with van der Waals surface area (Å²) in [5.41, 5.74) is 3.99. The lowest BCUT2D eigenvalue weighted by Gasteiger charge is -2.32. The fraction of sp³-hybridized carbons (Fsp3) is 0.500. The van der Waals surface area contributed by atoms with Gasteiger partial charge in [-0.05, 0) is 11.6 Å². The third-order valence-corrected chi connectivity index (χ3v) is 3.28. The fourth-order valence-electron chi connectivity index (χ4n) is 2.24. The summed E-state index contributed by atoms with van der Waals surface area (Å²) in [4.78, 5) is 12.5. The Morgan fingerprint density at radius 3 is 3.05 bits per heavy atom. The summed E-state index contributed by atoms with van der Waals surface area (Å²) in [5, 5.41) is 19.9. The number of hydrogen-bond donors (Lipinski definition) is 3. The van der Waals surface area contributed by atoms with Gasteiger partial charge < -0.3 is 15.3 Å². The Morgan fingerprint density at radius 2 is 2.40 bits per heavy atom. The van der Waals surface area contributed by atoms with Crippen LogP contribution in [-0.2, 0) is 11.3 Å². The van der Waals surface area contributed by atoms with Gasteiger partial charge in [0.1, 0.15) is 0 Å². The number of ether oxygens (including phenoxy) is 1. The predicted molar refractivity (Wildman–Crippen MR) is 73.0 cm³/mol. The van der Waals surface area contributed by atoms with Gasteiger partial charge in [-0.1, -0.05) is 0 Å². The maximum atomic E-state index is 10.8. The van der Waals surface area contributed by atoms with Crippen LogP contribution in [0.2, 0.25) is 0 Å². The molecule has 1 fully saturated rings. The summed E-state index contributed by atoms with van der Waals surface area (Å²) in [7, 11) is 0. The molecule has 20 heavy (non-hydrogen) atoms. The van der Waals surface area contributed by atoms with Gasteiger partial charge in [0.2, 0.25) is 0 Å². The normalized spacial score (nSPS) is 19.8. The number of hydrogen-bond acceptors (Lipinski definition) is 7. The van der Waals surface area contributed by atoms with Crippen molar-refractivity contribution < 1.29 is 14.8 Å². The number of nitrogens with zero attached hydrogens (tertiary/aromatic N) is 2. The average Bonchev–Trinajstić information content (AvgIpc) is 2.47. The molecule has 1 aromatic carbocycles. The molecule has 1 unspecified atom stereocenters. The number of nitrogens with two attached hydrogens (primary N) is 1. The number of hydrazine groups is 1. The predicted octanol–water partition coefficient (Wildman–Crippen LogP) is 0.0735. The van der Waals surface area contributed by atoms with Crippen LogP contribution < -0.4 is 11.3 Å². The van der Waals surface area contributed by atoms with Crippen molar-refractivity contribution in [3.05, 3.63) is 33.9 Å². The van der Waals surface area contributed by atoms with E-state index >= 15 is 0 Å². The topological polar surface area (TPSA) is 114 Å². The first-order valence-corrected chi connectivity index (χ1v) is 6.32. The molecule has 0 aromatic heterocycles. The summed E-state index contributed by atoms with van der Waals surface area (Å²) in [6.07, 6.45) is -0.211. The Hall–Kier alpha value is -1.74. The number of nitro benzene ring substituents is 1. The lowest BCUT2D eigenvalue weighted by molar-refractivity contribution is -0.384. The molecule has 8 heteroatoms. The summed E-state index contributed by atoms with van der Waals surface area (Å²) < 4.78 is 5.37. The molecular formula is C12H18N4O4. The molecule has 2 rings (SSSR count). The van der Waals surface area contributed by atoms with Gasteiger partial charge in [0.05, 0.1) is 29.9 Å². The van der Waals surface area contributed by atoms with Crippen LogP contribution in [0.25, 0.3) is 0 Å². The SMILES string of the molecule is NNc1ccc([N+](=O)[O-])cc1CN1CCOC(CO)C1. The van der Waals surface area contributed by atoms with E-state index in [1.165, 1.54) is 12.1 Å². The third kappa shape index (κ3) is 3.42. The number of morpholine rings is 1. The number of nitro groups is 1. The summed E-state index contributed by atoms with van der Waals surface area (Å²) >= 11 is 0. The molecule has 1 saturated heterocycles. The van der Waals surface area contributed by atoms with E-state index in [4.69, 9.17) is 15.7 Å². The summed E-state index contributed by atoms with van der Waals surface area (Å²) in [6, 6.07) is 4.52. The molecular weight excluding hydrogens is 264 g/mol. The van der Waals surface area contributed by atoms with Crippen molar-refractivity contribution in [3.8, 4) is 0 Å². The fourth-order valence-corrected chi connectivity index (χ4v) is 2.24. The van der Waals surface area contributed by atoms with Crippen LogP contribution in [0.4, 0.5) is 11.4 Å². The van der Waals surface area contributed by atoms with Crippen LogP contribution >= 0.6 is 0 Å². The first kappa shape index (κ1) is 14.7. The smallest absolute Gasteiger partial charge is 0.269 e. The highest BCUT2D eigenvalue weighted by Crippen LogP contribution is 2.23.